The Balaban J connectivity index is 2.13. The van der Waals surface area contributed by atoms with Crippen LogP contribution in [0.2, 0.25) is 0 Å². The molecule has 0 spiro atoms. The summed E-state index contributed by atoms with van der Waals surface area (Å²) >= 11 is 3.38. The number of halogens is 1. The van der Waals surface area contributed by atoms with Gasteiger partial charge in [-0.2, -0.15) is 0 Å². The van der Waals surface area contributed by atoms with Crippen LogP contribution in [0.15, 0.2) is 53.0 Å². The van der Waals surface area contributed by atoms with E-state index in [1.54, 1.807) is 6.07 Å². The largest absolute Gasteiger partial charge is 0.478 e. The molecule has 0 amide bonds. The third-order valence-electron chi connectivity index (χ3n) is 2.85. The predicted molar refractivity (Wildman–Crippen MR) is 81.1 cm³/mol. The summed E-state index contributed by atoms with van der Waals surface area (Å²) in [6.45, 7) is 1.94. The molecule has 0 aromatic heterocycles. The van der Waals surface area contributed by atoms with Crippen LogP contribution >= 0.6 is 15.9 Å². The molecule has 1 unspecified atom stereocenters. The molecule has 0 aliphatic rings. The van der Waals surface area contributed by atoms with Gasteiger partial charge in [-0.25, -0.2) is 4.79 Å². The second-order valence-corrected chi connectivity index (χ2v) is 5.51. The van der Waals surface area contributed by atoms with Gasteiger partial charge in [0.1, 0.15) is 5.75 Å². The maximum atomic E-state index is 11.3. The first-order valence-corrected chi connectivity index (χ1v) is 7.04. The molecule has 4 heteroatoms. The molecule has 0 heterocycles. The minimum Gasteiger partial charge on any atom is -0.478 e. The van der Waals surface area contributed by atoms with Crippen LogP contribution in [0, 0.1) is 6.92 Å². The zero-order valence-corrected chi connectivity index (χ0v) is 12.6. The maximum Gasteiger partial charge on any atom is 0.345 e. The SMILES string of the molecule is Cc1cccc(OC(Cc2cccc(Br)c2)C(=O)O)c1. The van der Waals surface area contributed by atoms with Crippen molar-refractivity contribution in [1.29, 1.82) is 0 Å². The van der Waals surface area contributed by atoms with Gasteiger partial charge in [0.15, 0.2) is 6.10 Å². The van der Waals surface area contributed by atoms with E-state index in [4.69, 9.17) is 4.74 Å². The standard InChI is InChI=1S/C16H15BrO3/c1-11-4-2-7-14(8-11)20-15(16(18)19)10-12-5-3-6-13(17)9-12/h2-9,15H,10H2,1H3,(H,18,19). The molecule has 1 atom stereocenters. The molecule has 3 nitrogen and oxygen atoms in total. The lowest BCUT2D eigenvalue weighted by molar-refractivity contribution is -0.145. The van der Waals surface area contributed by atoms with E-state index in [1.165, 1.54) is 0 Å². The van der Waals surface area contributed by atoms with Gasteiger partial charge in [-0.05, 0) is 42.3 Å². The molecule has 1 N–H and O–H groups in total. The number of carboxylic acids is 1. The van der Waals surface area contributed by atoms with Crippen molar-refractivity contribution in [2.75, 3.05) is 0 Å². The number of aryl methyl sites for hydroxylation is 1. The Kier molecular flexibility index (Phi) is 4.79. The lowest BCUT2D eigenvalue weighted by atomic mass is 10.1. The van der Waals surface area contributed by atoms with Crippen LogP contribution in [-0.2, 0) is 11.2 Å². The van der Waals surface area contributed by atoms with Crippen LogP contribution in [0.1, 0.15) is 11.1 Å². The van der Waals surface area contributed by atoms with Crippen molar-refractivity contribution < 1.29 is 14.6 Å². The second-order valence-electron chi connectivity index (χ2n) is 4.60. The van der Waals surface area contributed by atoms with Gasteiger partial charge >= 0.3 is 5.97 Å². The molecule has 2 aromatic carbocycles. The van der Waals surface area contributed by atoms with Gasteiger partial charge in [0.05, 0.1) is 0 Å². The number of rotatable bonds is 5. The van der Waals surface area contributed by atoms with Gasteiger partial charge in [0.2, 0.25) is 0 Å². The summed E-state index contributed by atoms with van der Waals surface area (Å²) in [7, 11) is 0. The Morgan fingerprint density at radius 3 is 2.65 bits per heavy atom. The molecule has 0 aliphatic carbocycles. The highest BCUT2D eigenvalue weighted by Crippen LogP contribution is 2.18. The van der Waals surface area contributed by atoms with Crippen LogP contribution < -0.4 is 4.74 Å². The van der Waals surface area contributed by atoms with E-state index in [1.807, 2.05) is 49.4 Å². The fourth-order valence-corrected chi connectivity index (χ4v) is 2.36. The molecule has 104 valence electrons. The topological polar surface area (TPSA) is 46.5 Å². The number of aliphatic carboxylic acids is 1. The van der Waals surface area contributed by atoms with E-state index in [0.717, 1.165) is 15.6 Å². The Bertz CT molecular complexity index is 563. The fourth-order valence-electron chi connectivity index (χ4n) is 1.91. The Hall–Kier alpha value is -1.81. The average Bonchev–Trinajstić information content (AvgIpc) is 2.38. The summed E-state index contributed by atoms with van der Waals surface area (Å²) in [5.41, 5.74) is 1.95. The van der Waals surface area contributed by atoms with E-state index < -0.39 is 12.1 Å². The highest BCUT2D eigenvalue weighted by molar-refractivity contribution is 9.10. The van der Waals surface area contributed by atoms with Gasteiger partial charge in [-0.15, -0.1) is 0 Å². The second kappa shape index (κ2) is 6.57. The van der Waals surface area contributed by atoms with Crippen molar-refractivity contribution in [1.82, 2.24) is 0 Å². The molecule has 0 bridgehead atoms. The summed E-state index contributed by atoms with van der Waals surface area (Å²) in [4.78, 5) is 11.3. The lowest BCUT2D eigenvalue weighted by Gasteiger charge is -2.15. The first-order valence-electron chi connectivity index (χ1n) is 6.25. The number of carboxylic acid groups (broad SMARTS) is 1. The quantitative estimate of drug-likeness (QED) is 0.903. The van der Waals surface area contributed by atoms with Crippen LogP contribution in [0.4, 0.5) is 0 Å². The summed E-state index contributed by atoms with van der Waals surface area (Å²) in [6, 6.07) is 15.0. The van der Waals surface area contributed by atoms with E-state index in [0.29, 0.717) is 12.2 Å². The number of benzene rings is 2. The molecule has 0 aliphatic heterocycles. The Labute approximate surface area is 126 Å². The molecule has 0 saturated carbocycles. The summed E-state index contributed by atoms with van der Waals surface area (Å²) in [6.07, 6.45) is -0.575. The van der Waals surface area contributed by atoms with E-state index in [2.05, 4.69) is 15.9 Å². The van der Waals surface area contributed by atoms with Crippen LogP contribution in [0.3, 0.4) is 0 Å². The summed E-state index contributed by atoms with van der Waals surface area (Å²) in [5.74, 6) is -0.390. The number of ether oxygens (including phenoxy) is 1. The van der Waals surface area contributed by atoms with Crippen LogP contribution in [-0.4, -0.2) is 17.2 Å². The van der Waals surface area contributed by atoms with E-state index in [-0.39, 0.29) is 0 Å². The van der Waals surface area contributed by atoms with Gasteiger partial charge < -0.3 is 9.84 Å². The molecule has 0 saturated heterocycles. The van der Waals surface area contributed by atoms with E-state index in [9.17, 15) is 9.90 Å². The van der Waals surface area contributed by atoms with E-state index >= 15 is 0 Å². The number of hydrogen-bond acceptors (Lipinski definition) is 2. The normalized spacial score (nSPS) is 11.9. The molecule has 0 radical (unpaired) electrons. The maximum absolute atomic E-state index is 11.3. The van der Waals surface area contributed by atoms with Crippen LogP contribution in [0.25, 0.3) is 0 Å². The smallest absolute Gasteiger partial charge is 0.345 e. The zero-order valence-electron chi connectivity index (χ0n) is 11.0. The van der Waals surface area contributed by atoms with Gasteiger partial charge in [0, 0.05) is 10.9 Å². The van der Waals surface area contributed by atoms with Gasteiger partial charge in [-0.3, -0.25) is 0 Å². The van der Waals surface area contributed by atoms with Crippen molar-refractivity contribution in [3.8, 4) is 5.75 Å². The predicted octanol–water partition coefficient (Wildman–Crippen LogP) is 3.83. The number of carbonyl (C=O) groups is 1. The monoisotopic (exact) mass is 334 g/mol. The summed E-state index contributed by atoms with van der Waals surface area (Å²) < 4.78 is 6.51. The summed E-state index contributed by atoms with van der Waals surface area (Å²) in [5, 5.41) is 9.30. The van der Waals surface area contributed by atoms with Crippen molar-refractivity contribution in [2.45, 2.75) is 19.4 Å². The van der Waals surface area contributed by atoms with Crippen molar-refractivity contribution in [3.05, 3.63) is 64.1 Å². The van der Waals surface area contributed by atoms with Gasteiger partial charge in [0.25, 0.3) is 0 Å². The zero-order chi connectivity index (χ0) is 14.5. The first kappa shape index (κ1) is 14.6. The fraction of sp³-hybridized carbons (Fsp3) is 0.188. The Morgan fingerprint density at radius 2 is 2.00 bits per heavy atom. The Morgan fingerprint density at radius 1 is 1.25 bits per heavy atom. The van der Waals surface area contributed by atoms with Crippen molar-refractivity contribution in [3.63, 3.8) is 0 Å². The number of hydrogen-bond donors (Lipinski definition) is 1. The average molecular weight is 335 g/mol. The van der Waals surface area contributed by atoms with Gasteiger partial charge in [-0.1, -0.05) is 40.2 Å². The molecule has 2 rings (SSSR count). The van der Waals surface area contributed by atoms with Crippen molar-refractivity contribution >= 4 is 21.9 Å². The minimum absolute atomic E-state index is 0.322. The highest BCUT2D eigenvalue weighted by Gasteiger charge is 2.20. The molecule has 20 heavy (non-hydrogen) atoms. The third-order valence-corrected chi connectivity index (χ3v) is 3.35. The molecular formula is C16H15BrO3. The third kappa shape index (κ3) is 4.10. The van der Waals surface area contributed by atoms with Crippen molar-refractivity contribution in [2.24, 2.45) is 0 Å². The molecule has 2 aromatic rings. The first-order chi connectivity index (χ1) is 9.54. The molecular weight excluding hydrogens is 320 g/mol. The minimum atomic E-state index is -0.966. The lowest BCUT2D eigenvalue weighted by Crippen LogP contribution is -2.29. The van der Waals surface area contributed by atoms with Crippen LogP contribution in [0.5, 0.6) is 5.75 Å². The highest BCUT2D eigenvalue weighted by atomic mass is 79.9. The molecule has 0 fully saturated rings.